The maximum absolute atomic E-state index is 13.3. The third kappa shape index (κ3) is 10.7. The van der Waals surface area contributed by atoms with Gasteiger partial charge in [-0.05, 0) is 50.8 Å². The summed E-state index contributed by atoms with van der Waals surface area (Å²) in [5.74, 6) is -1.05. The van der Waals surface area contributed by atoms with Crippen molar-refractivity contribution in [3.8, 4) is 0 Å². The van der Waals surface area contributed by atoms with Crippen molar-refractivity contribution in [2.45, 2.75) is 67.1 Å². The van der Waals surface area contributed by atoms with E-state index in [0.29, 0.717) is 12.1 Å². The van der Waals surface area contributed by atoms with E-state index in [4.69, 9.17) is 4.74 Å². The summed E-state index contributed by atoms with van der Waals surface area (Å²) >= 11 is 0. The van der Waals surface area contributed by atoms with Crippen LogP contribution in [-0.4, -0.2) is 28.9 Å². The van der Waals surface area contributed by atoms with E-state index in [0.717, 1.165) is 18.7 Å². The Bertz CT molecular complexity index is 1130. The maximum Gasteiger partial charge on any atom is 0.410 e. The SMILES string of the molecule is C/C=C(/OC(/C=N\[C@H](C)C(F)(F)F)=C/CC)[C@H](C=C/C=C(\C)C(C)(C)C)C(=O)Nc1ccc(=O)n(C)c1. The second-order valence-electron chi connectivity index (χ2n) is 9.62. The van der Waals surface area contributed by atoms with Gasteiger partial charge in [-0.1, -0.05) is 51.5 Å². The number of nitrogens with zero attached hydrogens (tertiary/aromatic N) is 2. The average Bonchev–Trinajstić information content (AvgIpc) is 2.79. The third-order valence-electron chi connectivity index (χ3n) is 5.60. The van der Waals surface area contributed by atoms with Crippen LogP contribution < -0.4 is 10.9 Å². The second kappa shape index (κ2) is 13.8. The summed E-state index contributed by atoms with van der Waals surface area (Å²) in [4.78, 5) is 28.6. The molecule has 204 valence electrons. The molecule has 9 heteroatoms. The minimum atomic E-state index is -4.48. The number of nitrogens with one attached hydrogen (secondary N) is 1. The molecule has 2 atom stereocenters. The van der Waals surface area contributed by atoms with Gasteiger partial charge in [-0.15, -0.1) is 0 Å². The number of hydrogen-bond acceptors (Lipinski definition) is 4. The number of amides is 1. The number of pyridine rings is 1. The summed E-state index contributed by atoms with van der Waals surface area (Å²) < 4.78 is 46.0. The van der Waals surface area contributed by atoms with Crippen LogP contribution in [0.5, 0.6) is 0 Å². The number of rotatable bonds is 10. The Labute approximate surface area is 217 Å². The topological polar surface area (TPSA) is 72.7 Å². The van der Waals surface area contributed by atoms with E-state index >= 15 is 0 Å². The van der Waals surface area contributed by atoms with Crippen molar-refractivity contribution < 1.29 is 22.7 Å². The lowest BCUT2D eigenvalue weighted by Crippen LogP contribution is -2.26. The Morgan fingerprint density at radius 3 is 2.41 bits per heavy atom. The first-order valence-electron chi connectivity index (χ1n) is 12.1. The van der Waals surface area contributed by atoms with Gasteiger partial charge in [0, 0.05) is 19.3 Å². The van der Waals surface area contributed by atoms with E-state index < -0.39 is 24.0 Å². The number of ether oxygens (including phenoxy) is 1. The largest absolute Gasteiger partial charge is 0.460 e. The summed E-state index contributed by atoms with van der Waals surface area (Å²) in [7, 11) is 1.57. The van der Waals surface area contributed by atoms with Crippen LogP contribution in [0.3, 0.4) is 0 Å². The van der Waals surface area contributed by atoms with Gasteiger partial charge in [0.1, 0.15) is 23.5 Å². The monoisotopic (exact) mass is 521 g/mol. The highest BCUT2D eigenvalue weighted by Gasteiger charge is 2.35. The second-order valence-corrected chi connectivity index (χ2v) is 9.62. The van der Waals surface area contributed by atoms with E-state index in [1.54, 1.807) is 38.3 Å². The zero-order chi connectivity index (χ0) is 28.4. The lowest BCUT2D eigenvalue weighted by Gasteiger charge is -2.20. The van der Waals surface area contributed by atoms with Crippen LogP contribution in [0.25, 0.3) is 0 Å². The number of anilines is 1. The van der Waals surface area contributed by atoms with Gasteiger partial charge in [0.15, 0.2) is 0 Å². The zero-order valence-electron chi connectivity index (χ0n) is 22.8. The van der Waals surface area contributed by atoms with Gasteiger partial charge in [-0.25, -0.2) is 0 Å². The predicted octanol–water partition coefficient (Wildman–Crippen LogP) is 6.72. The Morgan fingerprint density at radius 1 is 1.24 bits per heavy atom. The van der Waals surface area contributed by atoms with Crippen LogP contribution in [0.2, 0.25) is 0 Å². The molecule has 0 radical (unpaired) electrons. The molecule has 1 aromatic heterocycles. The number of aliphatic imine (C=N–C) groups is 1. The van der Waals surface area contributed by atoms with Gasteiger partial charge in [-0.3, -0.25) is 14.6 Å². The molecule has 1 rings (SSSR count). The predicted molar refractivity (Wildman–Crippen MR) is 143 cm³/mol. The summed E-state index contributed by atoms with van der Waals surface area (Å²) in [5, 5.41) is 2.78. The molecule has 37 heavy (non-hydrogen) atoms. The average molecular weight is 522 g/mol. The molecule has 0 unspecified atom stereocenters. The van der Waals surface area contributed by atoms with Gasteiger partial charge in [0.2, 0.25) is 11.5 Å². The number of aromatic nitrogens is 1. The van der Waals surface area contributed by atoms with Crippen molar-refractivity contribution >= 4 is 17.8 Å². The summed E-state index contributed by atoms with van der Waals surface area (Å²) in [5.41, 5.74) is 1.20. The molecule has 0 aromatic carbocycles. The first-order valence-corrected chi connectivity index (χ1v) is 12.1. The van der Waals surface area contributed by atoms with Gasteiger partial charge in [-0.2, -0.15) is 13.2 Å². The molecule has 0 saturated carbocycles. The van der Waals surface area contributed by atoms with E-state index in [-0.39, 0.29) is 22.5 Å². The van der Waals surface area contributed by atoms with E-state index in [9.17, 15) is 22.8 Å². The fraction of sp³-hybridized carbons (Fsp3) is 0.464. The normalized spacial score (nSPS) is 15.8. The molecule has 0 saturated heterocycles. The van der Waals surface area contributed by atoms with Crippen LogP contribution in [0.15, 0.2) is 75.6 Å². The van der Waals surface area contributed by atoms with Crippen molar-refractivity contribution in [3.05, 3.63) is 76.2 Å². The molecule has 1 N–H and O–H groups in total. The fourth-order valence-electron chi connectivity index (χ4n) is 2.79. The van der Waals surface area contributed by atoms with Crippen LogP contribution in [0.4, 0.5) is 18.9 Å². The lowest BCUT2D eigenvalue weighted by atomic mass is 9.87. The summed E-state index contributed by atoms with van der Waals surface area (Å²) in [6.07, 6.45) is 7.00. The number of carbonyl (C=O) groups is 1. The molecule has 1 aromatic rings. The van der Waals surface area contributed by atoms with Gasteiger partial charge >= 0.3 is 6.18 Å². The van der Waals surface area contributed by atoms with Crippen LogP contribution in [-0.2, 0) is 16.6 Å². The van der Waals surface area contributed by atoms with Gasteiger partial charge in [0.05, 0.1) is 11.9 Å². The number of aryl methyl sites for hydroxylation is 1. The molecule has 6 nitrogen and oxygen atoms in total. The molecular formula is C28H38F3N3O3. The number of allylic oxidation sites excluding steroid dienone is 6. The third-order valence-corrected chi connectivity index (χ3v) is 5.60. The van der Waals surface area contributed by atoms with Crippen molar-refractivity contribution in [2.75, 3.05) is 5.32 Å². The Hall–Kier alpha value is -3.36. The van der Waals surface area contributed by atoms with Gasteiger partial charge in [0.25, 0.3) is 0 Å². The maximum atomic E-state index is 13.3. The summed E-state index contributed by atoms with van der Waals surface area (Å²) in [6, 6.07) is 0.928. The molecule has 1 amide bonds. The molecule has 1 heterocycles. The minimum Gasteiger partial charge on any atom is -0.460 e. The lowest BCUT2D eigenvalue weighted by molar-refractivity contribution is -0.142. The molecule has 0 aliphatic carbocycles. The molecule has 0 aliphatic rings. The zero-order valence-corrected chi connectivity index (χ0v) is 22.8. The summed E-state index contributed by atoms with van der Waals surface area (Å²) in [6.45, 7) is 12.6. The number of carbonyl (C=O) groups excluding carboxylic acids is 1. The fourth-order valence-corrected chi connectivity index (χ4v) is 2.79. The van der Waals surface area contributed by atoms with Crippen molar-refractivity contribution in [3.63, 3.8) is 0 Å². The van der Waals surface area contributed by atoms with Crippen LogP contribution >= 0.6 is 0 Å². The van der Waals surface area contributed by atoms with Crippen LogP contribution in [0, 0.1) is 11.3 Å². The van der Waals surface area contributed by atoms with Crippen LogP contribution in [0.1, 0.15) is 54.9 Å². The first kappa shape index (κ1) is 31.7. The minimum absolute atomic E-state index is 0.0699. The van der Waals surface area contributed by atoms with Crippen molar-refractivity contribution in [1.82, 2.24) is 4.57 Å². The number of hydrogen-bond donors (Lipinski definition) is 1. The highest BCUT2D eigenvalue weighted by Crippen LogP contribution is 2.26. The molecule has 0 fully saturated rings. The quantitative estimate of drug-likeness (QED) is 0.211. The van der Waals surface area contributed by atoms with E-state index in [2.05, 4.69) is 31.1 Å². The standard InChI is InChI=1S/C28H38F3N3O3/c1-9-12-22(17-32-20(4)28(29,30)31)37-24(10-2)23(14-11-13-19(3)27(5,6)7)26(36)33-21-15-16-25(35)34(8)18-21/h10-18,20,23H,9H2,1-8H3,(H,33,36)/b14-11?,19-13+,22-12+,24-10+,32-17-/t20-,23+/m1/s1. The molecular weight excluding hydrogens is 483 g/mol. The van der Waals surface area contributed by atoms with Crippen molar-refractivity contribution in [1.29, 1.82) is 0 Å². The van der Waals surface area contributed by atoms with E-state index in [1.807, 2.05) is 19.9 Å². The number of alkyl halides is 3. The van der Waals surface area contributed by atoms with Crippen molar-refractivity contribution in [2.24, 2.45) is 23.4 Å². The number of halogens is 3. The Balaban J connectivity index is 3.37. The first-order chi connectivity index (χ1) is 17.1. The molecule has 0 bridgehead atoms. The van der Waals surface area contributed by atoms with Gasteiger partial charge < -0.3 is 14.6 Å². The molecule has 0 aliphatic heterocycles. The highest BCUT2D eigenvalue weighted by molar-refractivity contribution is 5.95. The Kier molecular flexibility index (Phi) is 11.8. The molecule has 0 spiro atoms. The van der Waals surface area contributed by atoms with E-state index in [1.165, 1.54) is 22.9 Å². The Morgan fingerprint density at radius 2 is 1.89 bits per heavy atom. The smallest absolute Gasteiger partial charge is 0.410 e. The highest BCUT2D eigenvalue weighted by atomic mass is 19.4.